The third-order valence-corrected chi connectivity index (χ3v) is 7.44. The lowest BCUT2D eigenvalue weighted by Gasteiger charge is -2.22. The van der Waals surface area contributed by atoms with Gasteiger partial charge in [0.25, 0.3) is 5.91 Å². The Balaban J connectivity index is 1.53. The molecule has 4 rings (SSSR count). The van der Waals surface area contributed by atoms with Crippen molar-refractivity contribution in [3.63, 3.8) is 0 Å². The van der Waals surface area contributed by atoms with Gasteiger partial charge < -0.3 is 10.6 Å². The summed E-state index contributed by atoms with van der Waals surface area (Å²) in [5, 5.41) is 8.15. The van der Waals surface area contributed by atoms with Crippen LogP contribution in [0.2, 0.25) is 0 Å². The van der Waals surface area contributed by atoms with E-state index in [2.05, 4.69) is 32.5 Å². The van der Waals surface area contributed by atoms with E-state index in [0.29, 0.717) is 40.3 Å². The molecular weight excluding hydrogens is 530 g/mol. The Morgan fingerprint density at radius 2 is 1.90 bits per heavy atom. The molecule has 9 heteroatoms. The van der Waals surface area contributed by atoms with E-state index in [1.807, 2.05) is 26.2 Å². The number of nitrogens with zero attached hydrogens (tertiary/aromatic N) is 2. The monoisotopic (exact) mass is 560 g/mol. The van der Waals surface area contributed by atoms with E-state index in [1.54, 1.807) is 43.6 Å². The van der Waals surface area contributed by atoms with Crippen molar-refractivity contribution in [2.75, 3.05) is 13.6 Å². The highest BCUT2D eigenvalue weighted by molar-refractivity contribution is 7.10. The van der Waals surface area contributed by atoms with E-state index >= 15 is 4.39 Å². The van der Waals surface area contributed by atoms with Crippen LogP contribution in [0, 0.1) is 23.5 Å². The number of allylic oxidation sites excluding steroid dienone is 2. The number of benzene rings is 2. The number of amides is 2. The highest BCUT2D eigenvalue weighted by Gasteiger charge is 2.48. The van der Waals surface area contributed by atoms with Gasteiger partial charge in [0.15, 0.2) is 16.6 Å². The zero-order valence-electron chi connectivity index (χ0n) is 22.8. The molecule has 2 amide bonds. The van der Waals surface area contributed by atoms with Crippen LogP contribution in [0.4, 0.5) is 8.78 Å². The first-order valence-electron chi connectivity index (χ1n) is 12.8. The van der Waals surface area contributed by atoms with Gasteiger partial charge in [-0.05, 0) is 68.9 Å². The highest BCUT2D eigenvalue weighted by Crippen LogP contribution is 2.48. The Bertz CT molecular complexity index is 1560. The second-order valence-corrected chi connectivity index (χ2v) is 10.7. The van der Waals surface area contributed by atoms with Gasteiger partial charge in [0.2, 0.25) is 5.91 Å². The maximum atomic E-state index is 15.2. The van der Waals surface area contributed by atoms with Crippen LogP contribution in [0.15, 0.2) is 58.5 Å². The number of hydrogen-bond donors (Lipinski definition) is 2. The quantitative estimate of drug-likeness (QED) is 0.285. The molecule has 2 N–H and O–H groups in total. The molecule has 1 fully saturated rings. The van der Waals surface area contributed by atoms with Gasteiger partial charge in [-0.2, -0.15) is 0 Å². The molecule has 1 saturated carbocycles. The van der Waals surface area contributed by atoms with Crippen LogP contribution in [0.25, 0.3) is 5.57 Å². The van der Waals surface area contributed by atoms with Gasteiger partial charge in [0, 0.05) is 41.0 Å². The fraction of sp³-hybridized carbons (Fsp3) is 0.290. The number of hydrogen-bond acceptors (Lipinski definition) is 5. The first-order valence-corrected chi connectivity index (χ1v) is 13.7. The van der Waals surface area contributed by atoms with E-state index in [9.17, 15) is 14.0 Å². The van der Waals surface area contributed by atoms with Crippen LogP contribution in [0.3, 0.4) is 0 Å². The molecule has 0 radical (unpaired) electrons. The summed E-state index contributed by atoms with van der Waals surface area (Å²) in [6.07, 6.45) is 2.55. The molecule has 3 aromatic rings. The van der Waals surface area contributed by atoms with Gasteiger partial charge in [-0.3, -0.25) is 14.6 Å². The summed E-state index contributed by atoms with van der Waals surface area (Å²) in [6.45, 7) is 5.74. The van der Waals surface area contributed by atoms with Crippen LogP contribution >= 0.6 is 11.3 Å². The molecule has 0 saturated heterocycles. The minimum absolute atomic E-state index is 0.0342. The van der Waals surface area contributed by atoms with E-state index in [1.165, 1.54) is 17.4 Å². The molecule has 0 aliphatic heterocycles. The van der Waals surface area contributed by atoms with Crippen molar-refractivity contribution < 1.29 is 18.4 Å². The van der Waals surface area contributed by atoms with Gasteiger partial charge in [0.1, 0.15) is 0 Å². The topological polar surface area (TPSA) is 83.5 Å². The average molecular weight is 561 g/mol. The van der Waals surface area contributed by atoms with Crippen molar-refractivity contribution in [1.29, 1.82) is 0 Å². The second kappa shape index (κ2) is 12.3. The van der Waals surface area contributed by atoms with Crippen molar-refractivity contribution in [3.8, 4) is 11.8 Å². The number of nitrogens with one attached hydrogen (secondary N) is 2. The number of rotatable bonds is 8. The molecule has 1 heterocycles. The molecule has 1 aliphatic carbocycles. The highest BCUT2D eigenvalue weighted by atomic mass is 32.1. The molecule has 6 nitrogen and oxygen atoms in total. The molecule has 2 aromatic carbocycles. The standard InChI is InChI=1S/C31H30F2N4O2S/c1-19(2)28(20(3)34-4)22-16-24(29(33)25(32)17-22)31(11-12-31)37-30(39)23-9-6-5-8-21(23)18-26(38)35-13-7-10-27-36-14-15-40-27/h5-6,8-9,14-17H,11-13,18H2,1-4H3,(H,35,38)(H,37,39). The lowest BCUT2D eigenvalue weighted by Crippen LogP contribution is -2.36. The predicted molar refractivity (Wildman–Crippen MR) is 154 cm³/mol. The van der Waals surface area contributed by atoms with Crippen LogP contribution in [-0.4, -0.2) is 36.1 Å². The molecule has 1 aromatic heterocycles. The van der Waals surface area contributed by atoms with E-state index in [4.69, 9.17) is 0 Å². The van der Waals surface area contributed by atoms with Gasteiger partial charge in [-0.15, -0.1) is 11.3 Å². The first kappa shape index (κ1) is 28.8. The van der Waals surface area contributed by atoms with Gasteiger partial charge in [-0.1, -0.05) is 29.7 Å². The Labute approximate surface area is 236 Å². The molecule has 0 spiro atoms. The number of aliphatic imine (C=N–C) groups is 1. The maximum absolute atomic E-state index is 15.2. The lowest BCUT2D eigenvalue weighted by molar-refractivity contribution is -0.120. The van der Waals surface area contributed by atoms with Gasteiger partial charge in [0.05, 0.1) is 18.5 Å². The average Bonchev–Trinajstić information content (AvgIpc) is 3.50. The lowest BCUT2D eigenvalue weighted by atomic mass is 9.92. The first-order chi connectivity index (χ1) is 19.1. The van der Waals surface area contributed by atoms with Crippen molar-refractivity contribution in [2.24, 2.45) is 4.99 Å². The van der Waals surface area contributed by atoms with E-state index in [-0.39, 0.29) is 24.4 Å². The van der Waals surface area contributed by atoms with E-state index in [0.717, 1.165) is 11.1 Å². The van der Waals surface area contributed by atoms with Crippen molar-refractivity contribution >= 4 is 34.4 Å². The van der Waals surface area contributed by atoms with Crippen LogP contribution in [-0.2, 0) is 16.8 Å². The molecule has 40 heavy (non-hydrogen) atoms. The SMILES string of the molecule is CN=C(C)C(=C(C)C)c1cc(F)c(F)c(C2(NC(=O)c3ccccc3CC(=O)NCC#Cc3nccs3)CC2)c1. The minimum Gasteiger partial charge on any atom is -0.345 e. The molecule has 0 bridgehead atoms. The molecular formula is C31H30F2N4O2S. The van der Waals surface area contributed by atoms with Crippen LogP contribution in [0.5, 0.6) is 0 Å². The summed E-state index contributed by atoms with van der Waals surface area (Å²) >= 11 is 1.41. The van der Waals surface area contributed by atoms with Gasteiger partial charge >= 0.3 is 0 Å². The zero-order valence-corrected chi connectivity index (χ0v) is 23.6. The number of aromatic nitrogens is 1. The smallest absolute Gasteiger partial charge is 0.252 e. The summed E-state index contributed by atoms with van der Waals surface area (Å²) in [5.74, 6) is 3.01. The number of carbonyl (C=O) groups is 2. The van der Waals surface area contributed by atoms with E-state index < -0.39 is 23.1 Å². The summed E-state index contributed by atoms with van der Waals surface area (Å²) in [6, 6.07) is 9.53. The fourth-order valence-corrected chi connectivity index (χ4v) is 5.11. The number of halogens is 2. The fourth-order valence-electron chi connectivity index (χ4n) is 4.60. The van der Waals surface area contributed by atoms with Crippen LogP contribution < -0.4 is 10.6 Å². The second-order valence-electron chi connectivity index (χ2n) is 9.79. The summed E-state index contributed by atoms with van der Waals surface area (Å²) in [4.78, 5) is 34.3. The molecule has 0 atom stereocenters. The van der Waals surface area contributed by atoms with Gasteiger partial charge in [-0.25, -0.2) is 13.8 Å². The summed E-state index contributed by atoms with van der Waals surface area (Å²) in [7, 11) is 1.65. The molecule has 206 valence electrons. The van der Waals surface area contributed by atoms with Crippen molar-refractivity contribution in [2.45, 2.75) is 45.6 Å². The minimum atomic E-state index is -1.04. The zero-order chi connectivity index (χ0) is 28.9. The Morgan fingerprint density at radius 1 is 1.15 bits per heavy atom. The number of thiazole rings is 1. The largest absolute Gasteiger partial charge is 0.345 e. The Kier molecular flexibility index (Phi) is 8.90. The summed E-state index contributed by atoms with van der Waals surface area (Å²) in [5.41, 5.74) is 2.74. The Hall–Kier alpha value is -4.16. The Morgan fingerprint density at radius 3 is 2.55 bits per heavy atom. The normalized spacial score (nSPS) is 13.6. The maximum Gasteiger partial charge on any atom is 0.252 e. The number of carbonyl (C=O) groups excluding carboxylic acids is 2. The van der Waals surface area contributed by atoms with Crippen LogP contribution in [0.1, 0.15) is 65.7 Å². The van der Waals surface area contributed by atoms with Crippen molar-refractivity contribution in [3.05, 3.63) is 92.4 Å². The predicted octanol–water partition coefficient (Wildman–Crippen LogP) is 5.43. The van der Waals surface area contributed by atoms with Crippen molar-refractivity contribution in [1.82, 2.24) is 15.6 Å². The third-order valence-electron chi connectivity index (χ3n) is 6.75. The summed E-state index contributed by atoms with van der Waals surface area (Å²) < 4.78 is 30.0. The molecule has 1 aliphatic rings. The third kappa shape index (κ3) is 6.52. The molecule has 0 unspecified atom stereocenters.